The van der Waals surface area contributed by atoms with Crippen LogP contribution in [-0.4, -0.2) is 11.7 Å². The average molecular weight is 165 g/mol. The van der Waals surface area contributed by atoms with Gasteiger partial charge in [0.25, 0.3) is 0 Å². The van der Waals surface area contributed by atoms with Crippen molar-refractivity contribution in [3.05, 3.63) is 10.6 Å². The first-order chi connectivity index (χ1) is 3.31. The van der Waals surface area contributed by atoms with Crippen LogP contribution in [0.3, 0.4) is 0 Å². The molecule has 0 aromatic carbocycles. The molecule has 2 heteroatoms. The van der Waals surface area contributed by atoms with E-state index in [0.29, 0.717) is 0 Å². The van der Waals surface area contributed by atoms with E-state index in [4.69, 9.17) is 5.11 Å². The summed E-state index contributed by atoms with van der Waals surface area (Å²) in [6.07, 6.45) is 2.70. The molecule has 0 aliphatic rings. The van der Waals surface area contributed by atoms with Gasteiger partial charge < -0.3 is 5.11 Å². The van der Waals surface area contributed by atoms with Gasteiger partial charge in [0.1, 0.15) is 0 Å². The maximum atomic E-state index is 8.26. The molecule has 0 rings (SSSR count). The molecule has 0 saturated heterocycles. The summed E-state index contributed by atoms with van der Waals surface area (Å²) >= 11 is 3.24. The molecule has 42 valence electrons. The molecule has 0 saturated carbocycles. The van der Waals surface area contributed by atoms with Gasteiger partial charge in [-0.3, -0.25) is 0 Å². The molecule has 0 radical (unpaired) electrons. The Labute approximate surface area is 52.2 Å². The number of aliphatic hydroxyl groups is 1. The Morgan fingerprint density at radius 3 is 2.57 bits per heavy atom. The second kappa shape index (κ2) is 4.34. The van der Waals surface area contributed by atoms with Crippen molar-refractivity contribution in [1.29, 1.82) is 0 Å². The lowest BCUT2D eigenvalue weighted by Crippen LogP contribution is -1.73. The lowest BCUT2D eigenvalue weighted by molar-refractivity contribution is 0.342. The van der Waals surface area contributed by atoms with Crippen molar-refractivity contribution < 1.29 is 5.11 Å². The summed E-state index contributed by atoms with van der Waals surface area (Å²) in [6.45, 7) is 2.16. The fraction of sp³-hybridized carbons (Fsp3) is 0.600. The molecule has 1 N–H and O–H groups in total. The predicted molar refractivity (Wildman–Crippen MR) is 34.4 cm³/mol. The van der Waals surface area contributed by atoms with Crippen molar-refractivity contribution in [2.24, 2.45) is 0 Å². The van der Waals surface area contributed by atoms with Crippen LogP contribution in [0.25, 0.3) is 0 Å². The van der Waals surface area contributed by atoms with Gasteiger partial charge in [-0.1, -0.05) is 22.9 Å². The number of hydrogen-bond acceptors (Lipinski definition) is 1. The molecular formula is C5H9BrO. The van der Waals surface area contributed by atoms with Gasteiger partial charge in [0.15, 0.2) is 0 Å². The predicted octanol–water partition coefficient (Wildman–Crippen LogP) is 1.67. The van der Waals surface area contributed by atoms with Gasteiger partial charge >= 0.3 is 0 Å². The average Bonchev–Trinajstić information content (AvgIpc) is 1.68. The standard InChI is InChI=1S/C5H9BrO/c1-2-5(6)3-4-7/h3,7H,2,4H2,1H3. The molecule has 1 nitrogen and oxygen atoms in total. The van der Waals surface area contributed by atoms with Crippen LogP contribution in [0.5, 0.6) is 0 Å². The van der Waals surface area contributed by atoms with E-state index in [1.54, 1.807) is 6.08 Å². The van der Waals surface area contributed by atoms with Gasteiger partial charge in [-0.05, 0) is 17.0 Å². The maximum Gasteiger partial charge on any atom is 0.0623 e. The molecule has 0 amide bonds. The summed E-state index contributed by atoms with van der Waals surface area (Å²) in [4.78, 5) is 0. The van der Waals surface area contributed by atoms with E-state index in [1.165, 1.54) is 0 Å². The third kappa shape index (κ3) is 4.02. The summed E-state index contributed by atoms with van der Waals surface area (Å²) < 4.78 is 1.06. The first-order valence-electron chi connectivity index (χ1n) is 2.26. The molecule has 0 aromatic rings. The third-order valence-electron chi connectivity index (χ3n) is 0.651. The summed E-state index contributed by atoms with van der Waals surface area (Å²) in [5, 5.41) is 8.26. The molecule has 0 heterocycles. The first kappa shape index (κ1) is 7.18. The molecule has 0 aliphatic carbocycles. The molecular weight excluding hydrogens is 156 g/mol. The zero-order valence-corrected chi connectivity index (χ0v) is 5.90. The number of rotatable bonds is 2. The summed E-state index contributed by atoms with van der Waals surface area (Å²) in [7, 11) is 0. The Hall–Kier alpha value is 0.180. The third-order valence-corrected chi connectivity index (χ3v) is 1.54. The Morgan fingerprint density at radius 2 is 2.43 bits per heavy atom. The van der Waals surface area contributed by atoms with Crippen molar-refractivity contribution in [3.63, 3.8) is 0 Å². The van der Waals surface area contributed by atoms with Crippen molar-refractivity contribution >= 4 is 15.9 Å². The highest BCUT2D eigenvalue weighted by atomic mass is 79.9. The molecule has 0 atom stereocenters. The van der Waals surface area contributed by atoms with E-state index in [0.717, 1.165) is 10.9 Å². The van der Waals surface area contributed by atoms with Gasteiger partial charge in [0.05, 0.1) is 6.61 Å². The van der Waals surface area contributed by atoms with Gasteiger partial charge in [-0.15, -0.1) is 0 Å². The van der Waals surface area contributed by atoms with Gasteiger partial charge in [0.2, 0.25) is 0 Å². The van der Waals surface area contributed by atoms with Crippen LogP contribution in [0, 0.1) is 0 Å². The summed E-state index contributed by atoms with van der Waals surface area (Å²) in [6, 6.07) is 0. The van der Waals surface area contributed by atoms with E-state index in [2.05, 4.69) is 15.9 Å². The topological polar surface area (TPSA) is 20.2 Å². The Bertz CT molecular complexity index is 68.5. The van der Waals surface area contributed by atoms with E-state index in [9.17, 15) is 0 Å². The molecule has 0 unspecified atom stereocenters. The summed E-state index contributed by atoms with van der Waals surface area (Å²) in [5.41, 5.74) is 0. The highest BCUT2D eigenvalue weighted by molar-refractivity contribution is 9.11. The van der Waals surface area contributed by atoms with E-state index < -0.39 is 0 Å². The molecule has 0 aliphatic heterocycles. The van der Waals surface area contributed by atoms with Crippen molar-refractivity contribution in [2.75, 3.05) is 6.61 Å². The number of aliphatic hydroxyl groups excluding tert-OH is 1. The van der Waals surface area contributed by atoms with Gasteiger partial charge in [-0.25, -0.2) is 0 Å². The monoisotopic (exact) mass is 164 g/mol. The zero-order valence-electron chi connectivity index (χ0n) is 4.32. The molecule has 7 heavy (non-hydrogen) atoms. The second-order valence-corrected chi connectivity index (χ2v) is 2.21. The molecule has 0 aromatic heterocycles. The van der Waals surface area contributed by atoms with Crippen LogP contribution < -0.4 is 0 Å². The lowest BCUT2D eigenvalue weighted by Gasteiger charge is -1.85. The smallest absolute Gasteiger partial charge is 0.0623 e. The minimum Gasteiger partial charge on any atom is -0.392 e. The minimum absolute atomic E-state index is 0.133. The number of hydrogen-bond donors (Lipinski definition) is 1. The van der Waals surface area contributed by atoms with Crippen LogP contribution in [0.2, 0.25) is 0 Å². The molecule has 0 spiro atoms. The number of allylic oxidation sites excluding steroid dienone is 1. The van der Waals surface area contributed by atoms with E-state index >= 15 is 0 Å². The Balaban J connectivity index is 3.29. The molecule has 0 bridgehead atoms. The van der Waals surface area contributed by atoms with Crippen LogP contribution >= 0.6 is 15.9 Å². The van der Waals surface area contributed by atoms with Gasteiger partial charge in [0, 0.05) is 0 Å². The fourth-order valence-electron chi connectivity index (χ4n) is 0.243. The number of halogens is 1. The van der Waals surface area contributed by atoms with Crippen molar-refractivity contribution in [3.8, 4) is 0 Å². The normalized spacial score (nSPS) is 12.1. The fourth-order valence-corrected chi connectivity index (χ4v) is 0.388. The first-order valence-corrected chi connectivity index (χ1v) is 3.06. The SMILES string of the molecule is CCC(Br)=CCO. The Morgan fingerprint density at radius 1 is 1.86 bits per heavy atom. The summed E-state index contributed by atoms with van der Waals surface area (Å²) in [5.74, 6) is 0. The lowest BCUT2D eigenvalue weighted by atomic mass is 10.4. The molecule has 0 fully saturated rings. The maximum absolute atomic E-state index is 8.26. The Kier molecular flexibility index (Phi) is 4.45. The van der Waals surface area contributed by atoms with Crippen molar-refractivity contribution in [1.82, 2.24) is 0 Å². The van der Waals surface area contributed by atoms with Crippen LogP contribution in [0.4, 0.5) is 0 Å². The van der Waals surface area contributed by atoms with Crippen LogP contribution in [0.1, 0.15) is 13.3 Å². The van der Waals surface area contributed by atoms with E-state index in [-0.39, 0.29) is 6.61 Å². The van der Waals surface area contributed by atoms with E-state index in [1.807, 2.05) is 6.92 Å². The minimum atomic E-state index is 0.133. The largest absolute Gasteiger partial charge is 0.392 e. The quantitative estimate of drug-likeness (QED) is 0.659. The highest BCUT2D eigenvalue weighted by Crippen LogP contribution is 2.06. The zero-order chi connectivity index (χ0) is 5.70. The van der Waals surface area contributed by atoms with Crippen LogP contribution in [-0.2, 0) is 0 Å². The highest BCUT2D eigenvalue weighted by Gasteiger charge is 1.79. The second-order valence-electron chi connectivity index (χ2n) is 1.19. The van der Waals surface area contributed by atoms with Crippen molar-refractivity contribution in [2.45, 2.75) is 13.3 Å². The van der Waals surface area contributed by atoms with Gasteiger partial charge in [-0.2, -0.15) is 0 Å². The van der Waals surface area contributed by atoms with Crippen LogP contribution in [0.15, 0.2) is 10.6 Å².